The Morgan fingerprint density at radius 3 is 2.60 bits per heavy atom. The van der Waals surface area contributed by atoms with Gasteiger partial charge in [-0.1, -0.05) is 26.7 Å². The third kappa shape index (κ3) is 4.88. The molecule has 5 heteroatoms. The zero-order chi connectivity index (χ0) is 15.1. The largest absolute Gasteiger partial charge is 0.382 e. The molecule has 0 fully saturated rings. The SMILES string of the molecule is CC(C)CCCC(C)Nc1ccc(C#N)c([N+](=O)[O-])c1. The highest BCUT2D eigenvalue weighted by Gasteiger charge is 2.14. The number of hydrogen-bond donors (Lipinski definition) is 1. The van der Waals surface area contributed by atoms with E-state index in [2.05, 4.69) is 26.1 Å². The summed E-state index contributed by atoms with van der Waals surface area (Å²) in [5.41, 5.74) is 0.632. The summed E-state index contributed by atoms with van der Waals surface area (Å²) in [7, 11) is 0. The fourth-order valence-corrected chi connectivity index (χ4v) is 2.06. The highest BCUT2D eigenvalue weighted by atomic mass is 16.6. The van der Waals surface area contributed by atoms with Crippen LogP contribution >= 0.6 is 0 Å². The van der Waals surface area contributed by atoms with Crippen molar-refractivity contribution in [1.82, 2.24) is 0 Å². The molecule has 0 saturated carbocycles. The van der Waals surface area contributed by atoms with Gasteiger partial charge in [0.25, 0.3) is 5.69 Å². The summed E-state index contributed by atoms with van der Waals surface area (Å²) in [6.45, 7) is 6.45. The predicted octanol–water partition coefficient (Wildman–Crippen LogP) is 4.09. The minimum Gasteiger partial charge on any atom is -0.382 e. The van der Waals surface area contributed by atoms with Crippen LogP contribution in [0, 0.1) is 27.4 Å². The van der Waals surface area contributed by atoms with Crippen LogP contribution in [0.5, 0.6) is 0 Å². The average Bonchev–Trinajstić information content (AvgIpc) is 2.38. The molecule has 0 aromatic heterocycles. The lowest BCUT2D eigenvalue weighted by Crippen LogP contribution is -2.15. The van der Waals surface area contributed by atoms with Gasteiger partial charge in [-0.05, 0) is 31.4 Å². The smallest absolute Gasteiger partial charge is 0.289 e. The van der Waals surface area contributed by atoms with Gasteiger partial charge in [-0.25, -0.2) is 0 Å². The maximum atomic E-state index is 10.9. The molecule has 5 nitrogen and oxygen atoms in total. The maximum Gasteiger partial charge on any atom is 0.289 e. The molecule has 1 aromatic carbocycles. The van der Waals surface area contributed by atoms with E-state index in [9.17, 15) is 10.1 Å². The van der Waals surface area contributed by atoms with Gasteiger partial charge in [0.05, 0.1) is 4.92 Å². The van der Waals surface area contributed by atoms with Gasteiger partial charge in [0.1, 0.15) is 11.6 Å². The van der Waals surface area contributed by atoms with Crippen LogP contribution in [0.1, 0.15) is 45.6 Å². The fraction of sp³-hybridized carbons (Fsp3) is 0.533. The summed E-state index contributed by atoms with van der Waals surface area (Å²) in [5, 5.41) is 23.0. The zero-order valence-electron chi connectivity index (χ0n) is 12.2. The van der Waals surface area contributed by atoms with Gasteiger partial charge in [0, 0.05) is 17.8 Å². The summed E-state index contributed by atoms with van der Waals surface area (Å²) in [5.74, 6) is 0.693. The lowest BCUT2D eigenvalue weighted by Gasteiger charge is -2.15. The molecule has 0 radical (unpaired) electrons. The molecule has 0 amide bonds. The van der Waals surface area contributed by atoms with Gasteiger partial charge in [0.2, 0.25) is 0 Å². The minimum atomic E-state index is -0.521. The van der Waals surface area contributed by atoms with E-state index in [1.165, 1.54) is 18.6 Å². The average molecular weight is 275 g/mol. The first-order chi connectivity index (χ1) is 9.43. The lowest BCUT2D eigenvalue weighted by atomic mass is 10.0. The molecule has 0 bridgehead atoms. The second kappa shape index (κ2) is 7.49. The summed E-state index contributed by atoms with van der Waals surface area (Å²) in [6, 6.07) is 6.71. The Balaban J connectivity index is 2.66. The first-order valence-electron chi connectivity index (χ1n) is 6.89. The summed E-state index contributed by atoms with van der Waals surface area (Å²) >= 11 is 0. The van der Waals surface area contributed by atoms with E-state index in [1.54, 1.807) is 6.07 Å². The van der Waals surface area contributed by atoms with Crippen LogP contribution in [0.4, 0.5) is 11.4 Å². The van der Waals surface area contributed by atoms with Gasteiger partial charge in [-0.15, -0.1) is 0 Å². The molecule has 1 unspecified atom stereocenters. The van der Waals surface area contributed by atoms with Crippen LogP contribution in [0.3, 0.4) is 0 Å². The van der Waals surface area contributed by atoms with Gasteiger partial charge in [0.15, 0.2) is 0 Å². The Kier molecular flexibility index (Phi) is 5.98. The fourth-order valence-electron chi connectivity index (χ4n) is 2.06. The third-order valence-corrected chi connectivity index (χ3v) is 3.15. The quantitative estimate of drug-likeness (QED) is 0.600. The van der Waals surface area contributed by atoms with Crippen molar-refractivity contribution in [3.8, 4) is 6.07 Å². The van der Waals surface area contributed by atoms with Crippen LogP contribution < -0.4 is 5.32 Å². The lowest BCUT2D eigenvalue weighted by molar-refractivity contribution is -0.385. The zero-order valence-corrected chi connectivity index (χ0v) is 12.2. The summed E-state index contributed by atoms with van der Waals surface area (Å²) in [4.78, 5) is 10.4. The highest BCUT2D eigenvalue weighted by Crippen LogP contribution is 2.23. The van der Waals surface area contributed by atoms with E-state index in [1.807, 2.05) is 6.07 Å². The Hall–Kier alpha value is -2.09. The van der Waals surface area contributed by atoms with E-state index in [0.29, 0.717) is 11.6 Å². The van der Waals surface area contributed by atoms with Crippen LogP contribution in [-0.2, 0) is 0 Å². The van der Waals surface area contributed by atoms with Crippen molar-refractivity contribution in [3.05, 3.63) is 33.9 Å². The molecule has 108 valence electrons. The molecule has 0 aliphatic heterocycles. The van der Waals surface area contributed by atoms with Gasteiger partial charge in [-0.2, -0.15) is 5.26 Å². The van der Waals surface area contributed by atoms with Crippen molar-refractivity contribution in [1.29, 1.82) is 5.26 Å². The number of nitrogens with zero attached hydrogens (tertiary/aromatic N) is 2. The first-order valence-corrected chi connectivity index (χ1v) is 6.89. The summed E-state index contributed by atoms with van der Waals surface area (Å²) < 4.78 is 0. The highest BCUT2D eigenvalue weighted by molar-refractivity contribution is 5.59. The molecule has 1 atom stereocenters. The molecule has 1 aromatic rings. The van der Waals surface area contributed by atoms with E-state index in [-0.39, 0.29) is 17.3 Å². The maximum absolute atomic E-state index is 10.9. The number of nitriles is 1. The van der Waals surface area contributed by atoms with Gasteiger partial charge < -0.3 is 5.32 Å². The molecule has 20 heavy (non-hydrogen) atoms. The molecule has 0 heterocycles. The van der Waals surface area contributed by atoms with Crippen molar-refractivity contribution in [2.75, 3.05) is 5.32 Å². The van der Waals surface area contributed by atoms with E-state index in [0.717, 1.165) is 12.8 Å². The number of benzene rings is 1. The Morgan fingerprint density at radius 2 is 2.05 bits per heavy atom. The van der Waals surface area contributed by atoms with Crippen molar-refractivity contribution >= 4 is 11.4 Å². The van der Waals surface area contributed by atoms with Crippen LogP contribution in [-0.4, -0.2) is 11.0 Å². The van der Waals surface area contributed by atoms with E-state index >= 15 is 0 Å². The Morgan fingerprint density at radius 1 is 1.35 bits per heavy atom. The number of nitro groups is 1. The van der Waals surface area contributed by atoms with Crippen molar-refractivity contribution < 1.29 is 4.92 Å². The number of hydrogen-bond acceptors (Lipinski definition) is 4. The summed E-state index contributed by atoms with van der Waals surface area (Å²) in [6.07, 6.45) is 3.33. The van der Waals surface area contributed by atoms with Gasteiger partial charge >= 0.3 is 0 Å². The molecule has 1 N–H and O–H groups in total. The van der Waals surface area contributed by atoms with Crippen LogP contribution in [0.25, 0.3) is 0 Å². The van der Waals surface area contributed by atoms with E-state index < -0.39 is 4.92 Å². The predicted molar refractivity (Wildman–Crippen MR) is 79.6 cm³/mol. The third-order valence-electron chi connectivity index (χ3n) is 3.15. The Labute approximate surface area is 119 Å². The standard InChI is InChI=1S/C15H21N3O2/c1-11(2)5-4-6-12(3)17-14-8-7-13(10-16)15(9-14)18(19)20/h7-9,11-12,17H,4-6H2,1-3H3. The van der Waals surface area contributed by atoms with Crippen molar-refractivity contribution in [2.45, 2.75) is 46.1 Å². The molecule has 0 aliphatic carbocycles. The first kappa shape index (κ1) is 16.0. The van der Waals surface area contributed by atoms with Crippen LogP contribution in [0.15, 0.2) is 18.2 Å². The molecule has 1 rings (SSSR count). The second-order valence-electron chi connectivity index (χ2n) is 5.47. The monoisotopic (exact) mass is 275 g/mol. The number of nitrogens with one attached hydrogen (secondary N) is 1. The van der Waals surface area contributed by atoms with Crippen LogP contribution in [0.2, 0.25) is 0 Å². The number of rotatable bonds is 7. The molecule has 0 aliphatic rings. The normalized spacial score (nSPS) is 11.9. The van der Waals surface area contributed by atoms with Crippen molar-refractivity contribution in [3.63, 3.8) is 0 Å². The number of anilines is 1. The molecular weight excluding hydrogens is 254 g/mol. The Bertz CT molecular complexity index is 506. The van der Waals surface area contributed by atoms with Crippen molar-refractivity contribution in [2.24, 2.45) is 5.92 Å². The second-order valence-corrected chi connectivity index (χ2v) is 5.47. The van der Waals surface area contributed by atoms with Gasteiger partial charge in [-0.3, -0.25) is 10.1 Å². The molecule has 0 saturated heterocycles. The molecule has 0 spiro atoms. The molecular formula is C15H21N3O2. The number of nitro benzene ring substituents is 1. The van der Waals surface area contributed by atoms with E-state index in [4.69, 9.17) is 5.26 Å². The minimum absolute atomic E-state index is 0.0908. The topological polar surface area (TPSA) is 79.0 Å².